The molecule has 0 spiro atoms. The van der Waals surface area contributed by atoms with Crippen LogP contribution < -0.4 is 25.8 Å². The van der Waals surface area contributed by atoms with Gasteiger partial charge in [-0.25, -0.2) is 14.6 Å². The Bertz CT molecular complexity index is 1860. The number of ether oxygens (including phenoxy) is 3. The van der Waals surface area contributed by atoms with Crippen LogP contribution in [0.3, 0.4) is 0 Å². The number of pyridine rings is 2. The van der Waals surface area contributed by atoms with E-state index in [1.165, 1.54) is 0 Å². The summed E-state index contributed by atoms with van der Waals surface area (Å²) in [6, 6.07) is 18.6. The molecule has 13 nitrogen and oxygen atoms in total. The molecule has 3 amide bonds. The zero-order valence-electron chi connectivity index (χ0n) is 29.5. The second-order valence-electron chi connectivity index (χ2n) is 14.0. The molecule has 0 aliphatic carbocycles. The highest BCUT2D eigenvalue weighted by Gasteiger charge is 2.30. The van der Waals surface area contributed by atoms with Gasteiger partial charge in [0, 0.05) is 49.5 Å². The highest BCUT2D eigenvalue weighted by atomic mass is 16.6. The molecule has 2 aromatic heterocycles. The number of amides is 3. The lowest BCUT2D eigenvalue weighted by Crippen LogP contribution is -2.51. The first kappa shape index (κ1) is 35.4. The fraction of sp³-hybridized carbons (Fsp3) is 0.395. The lowest BCUT2D eigenvalue weighted by Gasteiger charge is -2.39. The summed E-state index contributed by atoms with van der Waals surface area (Å²) in [4.78, 5) is 53.2. The molecule has 0 unspecified atom stereocenters. The number of hydrogen-bond donors (Lipinski definition) is 3. The number of alkyl carbamates (subject to hydrolysis) is 1. The Kier molecular flexibility index (Phi) is 10.8. The smallest absolute Gasteiger partial charge is 0.412 e. The largest absolute Gasteiger partial charge is 0.444 e. The van der Waals surface area contributed by atoms with Crippen molar-refractivity contribution in [3.05, 3.63) is 84.3 Å². The third-order valence-electron chi connectivity index (χ3n) is 8.61. The van der Waals surface area contributed by atoms with Crippen molar-refractivity contribution < 1.29 is 28.6 Å². The number of carbonyl (C=O) groups is 3. The van der Waals surface area contributed by atoms with Crippen molar-refractivity contribution in [2.24, 2.45) is 5.92 Å². The summed E-state index contributed by atoms with van der Waals surface area (Å²) in [5.74, 6) is -0.286. The Hall–Kier alpha value is -5.43. The second kappa shape index (κ2) is 15.6. The third-order valence-corrected chi connectivity index (χ3v) is 8.61. The monoisotopic (exact) mass is 695 g/mol. The van der Waals surface area contributed by atoms with Gasteiger partial charge in [-0.2, -0.15) is 0 Å². The van der Waals surface area contributed by atoms with Crippen LogP contribution >= 0.6 is 0 Å². The van der Waals surface area contributed by atoms with E-state index in [1.807, 2.05) is 75.4 Å². The van der Waals surface area contributed by atoms with Crippen LogP contribution in [-0.4, -0.2) is 79.1 Å². The molecule has 51 heavy (non-hydrogen) atoms. The molecule has 2 fully saturated rings. The molecule has 3 N–H and O–H groups in total. The molecule has 4 heterocycles. The van der Waals surface area contributed by atoms with Crippen LogP contribution in [0.5, 0.6) is 0 Å². The highest BCUT2D eigenvalue weighted by Crippen LogP contribution is 2.31. The van der Waals surface area contributed by atoms with Crippen molar-refractivity contribution >= 4 is 51.7 Å². The number of aromatic nitrogens is 2. The van der Waals surface area contributed by atoms with Gasteiger partial charge in [-0.15, -0.1) is 0 Å². The van der Waals surface area contributed by atoms with Crippen molar-refractivity contribution in [2.45, 2.75) is 52.4 Å². The number of fused-ring (bicyclic) bond motifs is 1. The zero-order chi connectivity index (χ0) is 36.0. The van der Waals surface area contributed by atoms with Gasteiger partial charge in [-0.05, 0) is 62.9 Å². The number of carbonyl (C=O) groups excluding carboxylic acids is 3. The lowest BCUT2D eigenvalue weighted by atomic mass is 9.95. The summed E-state index contributed by atoms with van der Waals surface area (Å²) in [5.41, 5.74) is 3.22. The van der Waals surface area contributed by atoms with Gasteiger partial charge in [0.2, 0.25) is 0 Å². The third kappa shape index (κ3) is 9.43. The van der Waals surface area contributed by atoms with Crippen LogP contribution in [0.2, 0.25) is 0 Å². The maximum absolute atomic E-state index is 14.2. The van der Waals surface area contributed by atoms with Crippen LogP contribution in [0.4, 0.5) is 32.3 Å². The second-order valence-corrected chi connectivity index (χ2v) is 14.0. The average Bonchev–Trinajstić information content (AvgIpc) is 3.10. The molecule has 2 atom stereocenters. The molecule has 0 bridgehead atoms. The molecule has 0 radical (unpaired) electrons. The maximum Gasteiger partial charge on any atom is 0.412 e. The molecular weight excluding hydrogens is 650 g/mol. The number of benzene rings is 2. The first-order chi connectivity index (χ1) is 24.5. The Morgan fingerprint density at radius 2 is 1.71 bits per heavy atom. The first-order valence-electron chi connectivity index (χ1n) is 17.3. The van der Waals surface area contributed by atoms with Crippen LogP contribution in [0.15, 0.2) is 73.1 Å². The summed E-state index contributed by atoms with van der Waals surface area (Å²) in [5, 5.41) is 9.51. The van der Waals surface area contributed by atoms with E-state index in [9.17, 15) is 14.4 Å². The Balaban J connectivity index is 1.26. The average molecular weight is 696 g/mol. The molecule has 268 valence electrons. The molecule has 2 aliphatic rings. The molecular formula is C38H45N7O6. The fourth-order valence-electron chi connectivity index (χ4n) is 6.38. The number of nitrogens with one attached hydrogen (secondary N) is 3. The van der Waals surface area contributed by atoms with Crippen LogP contribution in [0, 0.1) is 5.92 Å². The van der Waals surface area contributed by atoms with Crippen LogP contribution in [0.25, 0.3) is 10.9 Å². The van der Waals surface area contributed by atoms with E-state index in [-0.39, 0.29) is 29.9 Å². The zero-order valence-corrected chi connectivity index (χ0v) is 29.5. The summed E-state index contributed by atoms with van der Waals surface area (Å²) in [7, 11) is 0. The molecule has 0 saturated carbocycles. The van der Waals surface area contributed by atoms with Gasteiger partial charge >= 0.3 is 12.2 Å². The van der Waals surface area contributed by atoms with Gasteiger partial charge in [0.25, 0.3) is 5.91 Å². The van der Waals surface area contributed by atoms with E-state index < -0.39 is 23.7 Å². The molecule has 2 aliphatic heterocycles. The van der Waals surface area contributed by atoms with Gasteiger partial charge in [-0.3, -0.25) is 15.1 Å². The van der Waals surface area contributed by atoms with E-state index in [0.29, 0.717) is 37.5 Å². The summed E-state index contributed by atoms with van der Waals surface area (Å²) >= 11 is 0. The lowest BCUT2D eigenvalue weighted by molar-refractivity contribution is 0.0495. The van der Waals surface area contributed by atoms with Crippen LogP contribution in [-0.2, 0) is 20.8 Å². The van der Waals surface area contributed by atoms with E-state index in [4.69, 9.17) is 19.2 Å². The van der Waals surface area contributed by atoms with Gasteiger partial charge in [0.05, 0.1) is 42.0 Å². The Morgan fingerprint density at radius 3 is 2.47 bits per heavy atom. The number of nitrogens with zero attached hydrogens (tertiary/aromatic N) is 4. The van der Waals surface area contributed by atoms with E-state index >= 15 is 0 Å². The van der Waals surface area contributed by atoms with Crippen molar-refractivity contribution in [1.82, 2.24) is 15.3 Å². The SMILES string of the molecule is C[C@@H]1C[C@H](NC(=O)OC(C)(C)C)CN(c2ccncc2NC(=O)c2nc3cc(N4CCOCC4)ccc3cc2NC(=O)OCc2ccccc2)C1. The predicted molar refractivity (Wildman–Crippen MR) is 196 cm³/mol. The van der Waals surface area contributed by atoms with E-state index in [1.54, 1.807) is 18.5 Å². The standard InChI is InChI=1S/C38H45N7O6/c1-25-18-28(40-37(48)51-38(2,3)4)23-45(22-25)33-12-13-39-21-32(33)42-35(46)34-31(43-36(47)50-24-26-8-6-5-7-9-26)19-27-10-11-29(20-30(27)41-34)44-14-16-49-17-15-44/h5-13,19-21,25,28H,14-18,22-24H2,1-4H3,(H,40,48)(H,42,46)(H,43,47)/t25-,28+/m1/s1. The van der Waals surface area contributed by atoms with E-state index in [2.05, 4.69) is 37.7 Å². The van der Waals surface area contributed by atoms with Crippen molar-refractivity contribution in [1.29, 1.82) is 0 Å². The number of hydrogen-bond acceptors (Lipinski definition) is 10. The van der Waals surface area contributed by atoms with Crippen LogP contribution in [0.1, 0.15) is 50.2 Å². The van der Waals surface area contributed by atoms with Crippen molar-refractivity contribution in [3.63, 3.8) is 0 Å². The number of piperidine rings is 1. The van der Waals surface area contributed by atoms with Gasteiger partial charge in [0.15, 0.2) is 5.69 Å². The minimum atomic E-state index is -0.716. The van der Waals surface area contributed by atoms with Crippen molar-refractivity contribution in [3.8, 4) is 0 Å². The normalized spacial score (nSPS) is 17.8. The summed E-state index contributed by atoms with van der Waals surface area (Å²) < 4.78 is 16.5. The molecule has 4 aromatic rings. The molecule has 13 heteroatoms. The number of anilines is 4. The summed E-state index contributed by atoms with van der Waals surface area (Å²) in [6.07, 6.45) is 2.85. The van der Waals surface area contributed by atoms with E-state index in [0.717, 1.165) is 41.8 Å². The Morgan fingerprint density at radius 1 is 0.922 bits per heavy atom. The number of morpholine rings is 1. The quantitative estimate of drug-likeness (QED) is 0.195. The highest BCUT2D eigenvalue weighted by molar-refractivity contribution is 6.11. The van der Waals surface area contributed by atoms with Gasteiger partial charge < -0.3 is 34.6 Å². The van der Waals surface area contributed by atoms with Gasteiger partial charge in [0.1, 0.15) is 12.2 Å². The fourth-order valence-corrected chi connectivity index (χ4v) is 6.38. The topological polar surface area (TPSA) is 147 Å². The summed E-state index contributed by atoms with van der Waals surface area (Å²) in [6.45, 7) is 11.7. The molecule has 6 rings (SSSR count). The minimum Gasteiger partial charge on any atom is -0.444 e. The number of rotatable bonds is 8. The molecule has 2 saturated heterocycles. The molecule has 2 aromatic carbocycles. The maximum atomic E-state index is 14.2. The van der Waals surface area contributed by atoms with Gasteiger partial charge in [-0.1, -0.05) is 43.3 Å². The predicted octanol–water partition coefficient (Wildman–Crippen LogP) is 6.21. The Labute approximate surface area is 297 Å². The minimum absolute atomic E-state index is 0.0181. The first-order valence-corrected chi connectivity index (χ1v) is 17.3. The van der Waals surface area contributed by atoms with Crippen molar-refractivity contribution in [2.75, 3.05) is 59.8 Å².